The van der Waals surface area contributed by atoms with Crippen molar-refractivity contribution < 1.29 is 0 Å². The minimum absolute atomic E-state index is 0.424. The van der Waals surface area contributed by atoms with Gasteiger partial charge < -0.3 is 5.73 Å². The van der Waals surface area contributed by atoms with Crippen LogP contribution in [0.1, 0.15) is 33.1 Å². The summed E-state index contributed by atoms with van der Waals surface area (Å²) in [6.45, 7) is 7.03. The van der Waals surface area contributed by atoms with Crippen LogP contribution in [0.4, 0.5) is 0 Å². The molecule has 1 aliphatic carbocycles. The van der Waals surface area contributed by atoms with Crippen LogP contribution < -0.4 is 5.73 Å². The van der Waals surface area contributed by atoms with Crippen LogP contribution in [-0.4, -0.2) is 54.1 Å². The molecule has 2 N–H and O–H groups in total. The molecule has 4 unspecified atom stereocenters. The maximum absolute atomic E-state index is 6.18. The molecule has 2 rings (SSSR count). The molecule has 0 bridgehead atoms. The third kappa shape index (κ3) is 2.19. The van der Waals surface area contributed by atoms with Crippen LogP contribution in [0.5, 0.6) is 0 Å². The van der Waals surface area contributed by atoms with Gasteiger partial charge in [0, 0.05) is 37.3 Å². The highest BCUT2D eigenvalue weighted by Crippen LogP contribution is 2.26. The van der Waals surface area contributed by atoms with E-state index in [0.29, 0.717) is 24.2 Å². The molecule has 3 heteroatoms. The van der Waals surface area contributed by atoms with Gasteiger partial charge in [0.25, 0.3) is 0 Å². The zero-order chi connectivity index (χ0) is 11.0. The fourth-order valence-electron chi connectivity index (χ4n) is 3.14. The largest absolute Gasteiger partial charge is 0.326 e. The average molecular weight is 211 g/mol. The summed E-state index contributed by atoms with van der Waals surface area (Å²) in [4.78, 5) is 5.12. The number of likely N-dealkylation sites (N-methyl/N-ethyl adjacent to an activating group) is 1. The molecule has 88 valence electrons. The van der Waals surface area contributed by atoms with E-state index in [0.717, 1.165) is 0 Å². The predicted octanol–water partition coefficient (Wildman–Crippen LogP) is 0.891. The van der Waals surface area contributed by atoms with Crippen molar-refractivity contribution in [3.8, 4) is 0 Å². The Hall–Kier alpha value is -0.120. The van der Waals surface area contributed by atoms with Crippen LogP contribution in [0.3, 0.4) is 0 Å². The standard InChI is InChI=1S/C12H25N3/c1-9-7-15(8-10(2)14(9)3)12-6-4-5-11(12)13/h9-12H,4-8,13H2,1-3H3. The van der Waals surface area contributed by atoms with Crippen LogP contribution in [-0.2, 0) is 0 Å². The van der Waals surface area contributed by atoms with Gasteiger partial charge in [0.05, 0.1) is 0 Å². The summed E-state index contributed by atoms with van der Waals surface area (Å²) in [5, 5.41) is 0. The van der Waals surface area contributed by atoms with Crippen molar-refractivity contribution in [1.82, 2.24) is 9.80 Å². The smallest absolute Gasteiger partial charge is 0.0248 e. The van der Waals surface area contributed by atoms with Gasteiger partial charge in [-0.25, -0.2) is 0 Å². The van der Waals surface area contributed by atoms with Gasteiger partial charge in [0.1, 0.15) is 0 Å². The number of piperazine rings is 1. The molecule has 2 aliphatic rings. The van der Waals surface area contributed by atoms with E-state index in [4.69, 9.17) is 5.73 Å². The Morgan fingerprint density at radius 1 is 1.07 bits per heavy atom. The molecule has 4 atom stereocenters. The Kier molecular flexibility index (Phi) is 3.33. The van der Waals surface area contributed by atoms with Crippen molar-refractivity contribution in [2.45, 2.75) is 57.3 Å². The highest BCUT2D eigenvalue weighted by molar-refractivity contribution is 4.93. The molecular weight excluding hydrogens is 186 g/mol. The third-order valence-corrected chi connectivity index (χ3v) is 4.39. The molecule has 1 heterocycles. The molecular formula is C12H25N3. The molecule has 0 radical (unpaired) electrons. The fourth-order valence-corrected chi connectivity index (χ4v) is 3.14. The maximum atomic E-state index is 6.18. The molecule has 0 spiro atoms. The van der Waals surface area contributed by atoms with E-state index in [2.05, 4.69) is 30.7 Å². The van der Waals surface area contributed by atoms with Crippen molar-refractivity contribution >= 4 is 0 Å². The van der Waals surface area contributed by atoms with E-state index in [1.165, 1.54) is 32.4 Å². The van der Waals surface area contributed by atoms with Crippen LogP contribution >= 0.6 is 0 Å². The maximum Gasteiger partial charge on any atom is 0.0248 e. The van der Waals surface area contributed by atoms with Crippen LogP contribution in [0.2, 0.25) is 0 Å². The van der Waals surface area contributed by atoms with E-state index < -0.39 is 0 Å². The molecule has 3 nitrogen and oxygen atoms in total. The van der Waals surface area contributed by atoms with E-state index in [9.17, 15) is 0 Å². The minimum Gasteiger partial charge on any atom is -0.326 e. The van der Waals surface area contributed by atoms with E-state index in [1.54, 1.807) is 0 Å². The summed E-state index contributed by atoms with van der Waals surface area (Å²) in [5.74, 6) is 0. The molecule has 1 saturated carbocycles. The predicted molar refractivity (Wildman–Crippen MR) is 63.9 cm³/mol. The Bertz CT molecular complexity index is 207. The van der Waals surface area contributed by atoms with Crippen molar-refractivity contribution in [2.24, 2.45) is 5.73 Å². The zero-order valence-corrected chi connectivity index (χ0v) is 10.3. The van der Waals surface area contributed by atoms with Crippen LogP contribution in [0, 0.1) is 0 Å². The van der Waals surface area contributed by atoms with Crippen molar-refractivity contribution in [3.63, 3.8) is 0 Å². The second-order valence-electron chi connectivity index (χ2n) is 5.48. The van der Waals surface area contributed by atoms with Crippen molar-refractivity contribution in [2.75, 3.05) is 20.1 Å². The molecule has 1 aliphatic heterocycles. The first kappa shape index (κ1) is 11.4. The Morgan fingerprint density at radius 2 is 1.67 bits per heavy atom. The quantitative estimate of drug-likeness (QED) is 0.699. The molecule has 0 aromatic carbocycles. The lowest BCUT2D eigenvalue weighted by Crippen LogP contribution is -2.59. The van der Waals surface area contributed by atoms with Gasteiger partial charge in [0.15, 0.2) is 0 Å². The van der Waals surface area contributed by atoms with Crippen LogP contribution in [0.15, 0.2) is 0 Å². The molecule has 0 aromatic heterocycles. The van der Waals surface area contributed by atoms with Gasteiger partial charge in [-0.05, 0) is 33.7 Å². The van der Waals surface area contributed by atoms with Gasteiger partial charge in [0.2, 0.25) is 0 Å². The molecule has 0 aromatic rings. The first-order valence-corrected chi connectivity index (χ1v) is 6.31. The number of hydrogen-bond acceptors (Lipinski definition) is 3. The molecule has 2 fully saturated rings. The van der Waals surface area contributed by atoms with Gasteiger partial charge >= 0.3 is 0 Å². The lowest BCUT2D eigenvalue weighted by atomic mass is 10.0. The topological polar surface area (TPSA) is 32.5 Å². The fraction of sp³-hybridized carbons (Fsp3) is 1.00. The van der Waals surface area contributed by atoms with E-state index in [-0.39, 0.29) is 0 Å². The number of rotatable bonds is 1. The van der Waals surface area contributed by atoms with Gasteiger partial charge in [-0.1, -0.05) is 6.42 Å². The number of nitrogens with two attached hydrogens (primary N) is 1. The SMILES string of the molecule is CC1CN(C2CCCC2N)CC(C)N1C. The van der Waals surface area contributed by atoms with Gasteiger partial charge in [-0.2, -0.15) is 0 Å². The summed E-state index contributed by atoms with van der Waals surface area (Å²) in [5.41, 5.74) is 6.18. The summed E-state index contributed by atoms with van der Waals surface area (Å²) in [6, 6.07) is 2.42. The summed E-state index contributed by atoms with van der Waals surface area (Å²) < 4.78 is 0. The average Bonchev–Trinajstić information content (AvgIpc) is 2.60. The molecule has 15 heavy (non-hydrogen) atoms. The first-order valence-electron chi connectivity index (χ1n) is 6.31. The summed E-state index contributed by atoms with van der Waals surface area (Å²) in [7, 11) is 2.24. The highest BCUT2D eigenvalue weighted by atomic mass is 15.3. The lowest BCUT2D eigenvalue weighted by molar-refractivity contribution is 0.0314. The Morgan fingerprint density at radius 3 is 2.13 bits per heavy atom. The highest BCUT2D eigenvalue weighted by Gasteiger charge is 2.35. The van der Waals surface area contributed by atoms with Gasteiger partial charge in [-0.3, -0.25) is 9.80 Å². The van der Waals surface area contributed by atoms with E-state index >= 15 is 0 Å². The van der Waals surface area contributed by atoms with Crippen molar-refractivity contribution in [1.29, 1.82) is 0 Å². The molecule has 0 amide bonds. The van der Waals surface area contributed by atoms with E-state index in [1.807, 2.05) is 0 Å². The second-order valence-corrected chi connectivity index (χ2v) is 5.48. The second kappa shape index (κ2) is 4.40. The zero-order valence-electron chi connectivity index (χ0n) is 10.3. The van der Waals surface area contributed by atoms with Crippen molar-refractivity contribution in [3.05, 3.63) is 0 Å². The Balaban J connectivity index is 1.99. The summed E-state index contributed by atoms with van der Waals surface area (Å²) in [6.07, 6.45) is 3.85. The van der Waals surface area contributed by atoms with Crippen LogP contribution in [0.25, 0.3) is 0 Å². The number of nitrogens with zero attached hydrogens (tertiary/aromatic N) is 2. The minimum atomic E-state index is 0.424. The first-order chi connectivity index (χ1) is 7.09. The summed E-state index contributed by atoms with van der Waals surface area (Å²) >= 11 is 0. The Labute approximate surface area is 93.6 Å². The monoisotopic (exact) mass is 211 g/mol. The number of hydrogen-bond donors (Lipinski definition) is 1. The third-order valence-electron chi connectivity index (χ3n) is 4.39. The lowest BCUT2D eigenvalue weighted by Gasteiger charge is -2.45. The normalized spacial score (nSPS) is 44.8. The van der Waals surface area contributed by atoms with Gasteiger partial charge in [-0.15, -0.1) is 0 Å². The molecule has 1 saturated heterocycles.